The van der Waals surface area contributed by atoms with E-state index in [-0.39, 0.29) is 11.8 Å². The van der Waals surface area contributed by atoms with Crippen LogP contribution in [0, 0.1) is 5.82 Å². The zero-order valence-electron chi connectivity index (χ0n) is 22.8. The van der Waals surface area contributed by atoms with Crippen molar-refractivity contribution in [1.29, 1.82) is 0 Å². The Bertz CT molecular complexity index is 1550. The SMILES string of the molecule is CN1CCN(CC(=O)N(C)c2ccc(N=C(c3ccc4c(c3)OC=CO4)C3C(=O)Nc4cc(F)ccc43)cc2)CC1. The van der Waals surface area contributed by atoms with Gasteiger partial charge in [0.2, 0.25) is 11.8 Å². The van der Waals surface area contributed by atoms with Crippen LogP contribution in [0.15, 0.2) is 78.2 Å². The molecule has 0 aliphatic carbocycles. The van der Waals surface area contributed by atoms with Gasteiger partial charge in [0, 0.05) is 50.2 Å². The average Bonchev–Trinajstić information content (AvgIpc) is 3.31. The van der Waals surface area contributed by atoms with Crippen LogP contribution in [0.5, 0.6) is 11.5 Å². The summed E-state index contributed by atoms with van der Waals surface area (Å²) in [5.74, 6) is -0.450. The number of fused-ring (bicyclic) bond motifs is 2. The van der Waals surface area contributed by atoms with E-state index < -0.39 is 11.7 Å². The highest BCUT2D eigenvalue weighted by molar-refractivity contribution is 6.24. The number of rotatable bonds is 6. The zero-order valence-corrected chi connectivity index (χ0v) is 22.8. The molecule has 210 valence electrons. The van der Waals surface area contributed by atoms with Crippen molar-refractivity contribution in [2.24, 2.45) is 4.99 Å². The Morgan fingerprint density at radius 3 is 2.49 bits per heavy atom. The van der Waals surface area contributed by atoms with Gasteiger partial charge in [0.05, 0.1) is 17.9 Å². The van der Waals surface area contributed by atoms with Gasteiger partial charge in [-0.15, -0.1) is 0 Å². The summed E-state index contributed by atoms with van der Waals surface area (Å²) in [6.07, 6.45) is 2.88. The number of amides is 2. The molecule has 3 aliphatic heterocycles. The third-order valence-corrected chi connectivity index (χ3v) is 7.62. The molecule has 3 aliphatic rings. The maximum absolute atomic E-state index is 13.9. The van der Waals surface area contributed by atoms with Gasteiger partial charge in [0.1, 0.15) is 24.3 Å². The molecule has 6 rings (SSSR count). The number of benzene rings is 3. The number of carbonyl (C=O) groups excluding carboxylic acids is 2. The van der Waals surface area contributed by atoms with Crippen LogP contribution in [-0.4, -0.2) is 74.1 Å². The maximum Gasteiger partial charge on any atom is 0.240 e. The van der Waals surface area contributed by atoms with E-state index in [2.05, 4.69) is 22.2 Å². The maximum atomic E-state index is 13.9. The topological polar surface area (TPSA) is 86.7 Å². The van der Waals surface area contributed by atoms with Crippen molar-refractivity contribution in [3.63, 3.8) is 0 Å². The Morgan fingerprint density at radius 2 is 1.73 bits per heavy atom. The molecule has 0 radical (unpaired) electrons. The largest absolute Gasteiger partial charge is 0.458 e. The van der Waals surface area contributed by atoms with Crippen molar-refractivity contribution in [1.82, 2.24) is 9.80 Å². The number of hydrogen-bond donors (Lipinski definition) is 1. The summed E-state index contributed by atoms with van der Waals surface area (Å²) >= 11 is 0. The Kier molecular flexibility index (Phi) is 7.25. The number of nitrogens with zero attached hydrogens (tertiary/aromatic N) is 4. The minimum Gasteiger partial charge on any atom is -0.458 e. The van der Waals surface area contributed by atoms with Crippen LogP contribution >= 0.6 is 0 Å². The molecule has 0 bridgehead atoms. The molecule has 3 aromatic carbocycles. The molecule has 41 heavy (non-hydrogen) atoms. The van der Waals surface area contributed by atoms with E-state index in [4.69, 9.17) is 14.5 Å². The lowest BCUT2D eigenvalue weighted by Crippen LogP contribution is -2.48. The molecule has 9 nitrogen and oxygen atoms in total. The zero-order chi connectivity index (χ0) is 28.5. The highest BCUT2D eigenvalue weighted by Crippen LogP contribution is 2.39. The number of carbonyl (C=O) groups is 2. The molecule has 1 fully saturated rings. The van der Waals surface area contributed by atoms with E-state index in [1.165, 1.54) is 24.7 Å². The van der Waals surface area contributed by atoms with Gasteiger partial charge in [-0.25, -0.2) is 4.39 Å². The Labute approximate surface area is 237 Å². The Hall–Kier alpha value is -4.54. The first-order valence-electron chi connectivity index (χ1n) is 13.4. The molecule has 1 atom stereocenters. The summed E-state index contributed by atoms with van der Waals surface area (Å²) in [5, 5.41) is 2.78. The Balaban J connectivity index is 1.30. The number of halogens is 1. The molecule has 1 saturated heterocycles. The minimum absolute atomic E-state index is 0.0169. The van der Waals surface area contributed by atoms with Crippen molar-refractivity contribution in [3.05, 3.63) is 90.1 Å². The van der Waals surface area contributed by atoms with Crippen molar-refractivity contribution < 1.29 is 23.5 Å². The number of aliphatic imine (C=N–C) groups is 1. The van der Waals surface area contributed by atoms with E-state index >= 15 is 0 Å². The number of piperazine rings is 1. The van der Waals surface area contributed by atoms with E-state index in [0.717, 1.165) is 31.9 Å². The van der Waals surface area contributed by atoms with Gasteiger partial charge in [0.25, 0.3) is 0 Å². The second-order valence-electron chi connectivity index (χ2n) is 10.4. The summed E-state index contributed by atoms with van der Waals surface area (Å²) in [6.45, 7) is 4.00. The minimum atomic E-state index is -0.767. The van der Waals surface area contributed by atoms with Gasteiger partial charge in [-0.1, -0.05) is 6.07 Å². The van der Waals surface area contributed by atoms with Crippen LogP contribution < -0.4 is 19.7 Å². The van der Waals surface area contributed by atoms with Crippen molar-refractivity contribution in [2.75, 3.05) is 57.0 Å². The van der Waals surface area contributed by atoms with E-state index in [1.807, 2.05) is 30.3 Å². The number of likely N-dealkylation sites (N-methyl/N-ethyl adjacent to an activating group) is 2. The van der Waals surface area contributed by atoms with Crippen LogP contribution in [0.25, 0.3) is 0 Å². The standard InChI is InChI=1S/C31H30FN5O4/c1-35-11-13-37(14-12-35)19-28(38)36(2)23-7-5-22(6-8-23)33-30(20-3-10-26-27(17-20)41-16-15-40-26)29-24-9-4-21(32)18-25(24)34-31(29)39/h3-10,15-18,29H,11-14,19H2,1-2H3,(H,34,39). The molecule has 1 N–H and O–H groups in total. The molecule has 0 spiro atoms. The molecule has 0 saturated carbocycles. The molecule has 0 aromatic heterocycles. The van der Waals surface area contributed by atoms with Crippen molar-refractivity contribution in [2.45, 2.75) is 5.92 Å². The second kappa shape index (κ2) is 11.1. The first-order valence-corrected chi connectivity index (χ1v) is 13.4. The van der Waals surface area contributed by atoms with Crippen LogP contribution in [0.4, 0.5) is 21.5 Å². The van der Waals surface area contributed by atoms with Crippen LogP contribution in [-0.2, 0) is 9.59 Å². The lowest BCUT2D eigenvalue weighted by molar-refractivity contribution is -0.120. The number of hydrogen-bond acceptors (Lipinski definition) is 7. The average molecular weight is 556 g/mol. The number of anilines is 2. The van der Waals surface area contributed by atoms with Crippen LogP contribution in [0.3, 0.4) is 0 Å². The van der Waals surface area contributed by atoms with Crippen molar-refractivity contribution >= 4 is 34.6 Å². The van der Waals surface area contributed by atoms with E-state index in [0.29, 0.717) is 46.3 Å². The van der Waals surface area contributed by atoms with Gasteiger partial charge in [-0.2, -0.15) is 0 Å². The van der Waals surface area contributed by atoms with Gasteiger partial charge in [0.15, 0.2) is 11.5 Å². The molecule has 3 aromatic rings. The van der Waals surface area contributed by atoms with Gasteiger partial charge in [-0.05, 0) is 67.2 Å². The Morgan fingerprint density at radius 1 is 1.00 bits per heavy atom. The predicted octanol–water partition coefficient (Wildman–Crippen LogP) is 4.14. The first-order chi connectivity index (χ1) is 19.9. The predicted molar refractivity (Wildman–Crippen MR) is 155 cm³/mol. The molecule has 1 unspecified atom stereocenters. The molecule has 2 amide bonds. The quantitative estimate of drug-likeness (QED) is 0.461. The highest BCUT2D eigenvalue weighted by Gasteiger charge is 2.36. The van der Waals surface area contributed by atoms with Gasteiger partial charge < -0.3 is 24.6 Å². The van der Waals surface area contributed by atoms with Crippen molar-refractivity contribution in [3.8, 4) is 11.5 Å². The summed E-state index contributed by atoms with van der Waals surface area (Å²) in [6, 6.07) is 16.9. The molecular formula is C31H30FN5O4. The monoisotopic (exact) mass is 555 g/mol. The molecule has 10 heteroatoms. The normalized spacial score (nSPS) is 18.7. The molecule has 3 heterocycles. The lowest BCUT2D eigenvalue weighted by Gasteiger charge is -2.32. The van der Waals surface area contributed by atoms with Crippen LogP contribution in [0.1, 0.15) is 17.0 Å². The van der Waals surface area contributed by atoms with Crippen LogP contribution in [0.2, 0.25) is 0 Å². The third-order valence-electron chi connectivity index (χ3n) is 7.62. The fraction of sp³-hybridized carbons (Fsp3) is 0.258. The number of nitrogens with one attached hydrogen (secondary N) is 1. The fourth-order valence-corrected chi connectivity index (χ4v) is 5.20. The van der Waals surface area contributed by atoms with E-state index in [1.54, 1.807) is 30.1 Å². The first kappa shape index (κ1) is 26.7. The molecular weight excluding hydrogens is 525 g/mol. The van der Waals surface area contributed by atoms with Gasteiger partial charge in [-0.3, -0.25) is 19.5 Å². The summed E-state index contributed by atoms with van der Waals surface area (Å²) in [7, 11) is 3.86. The smallest absolute Gasteiger partial charge is 0.240 e. The van der Waals surface area contributed by atoms with Gasteiger partial charge >= 0.3 is 0 Å². The second-order valence-corrected chi connectivity index (χ2v) is 10.4. The third kappa shape index (κ3) is 5.57. The summed E-state index contributed by atoms with van der Waals surface area (Å²) in [5.41, 5.74) is 3.53. The highest BCUT2D eigenvalue weighted by atomic mass is 19.1. The summed E-state index contributed by atoms with van der Waals surface area (Å²) in [4.78, 5) is 37.1. The van der Waals surface area contributed by atoms with E-state index in [9.17, 15) is 14.0 Å². The summed E-state index contributed by atoms with van der Waals surface area (Å²) < 4.78 is 25.0. The fourth-order valence-electron chi connectivity index (χ4n) is 5.20. The lowest BCUT2D eigenvalue weighted by atomic mass is 9.90. The number of ether oxygens (including phenoxy) is 2.